The summed E-state index contributed by atoms with van der Waals surface area (Å²) in [5.74, 6) is 2.00. The van der Waals surface area contributed by atoms with Crippen molar-refractivity contribution in [2.24, 2.45) is 0 Å². The van der Waals surface area contributed by atoms with E-state index in [0.29, 0.717) is 0 Å². The minimum Gasteiger partial charge on any atom is -0.0925 e. The van der Waals surface area contributed by atoms with Crippen molar-refractivity contribution in [2.75, 3.05) is 0 Å². The molecule has 0 spiro atoms. The van der Waals surface area contributed by atoms with Crippen molar-refractivity contribution < 1.29 is 0 Å². The first-order chi connectivity index (χ1) is 7.76. The van der Waals surface area contributed by atoms with E-state index in [1.165, 1.54) is 38.5 Å². The van der Waals surface area contributed by atoms with Gasteiger partial charge in [0.25, 0.3) is 0 Å². The van der Waals surface area contributed by atoms with Crippen LogP contribution in [0.25, 0.3) is 0 Å². The molecular weight excluding hydrogens is 299 g/mol. The van der Waals surface area contributed by atoms with Gasteiger partial charge < -0.3 is 0 Å². The van der Waals surface area contributed by atoms with E-state index in [9.17, 15) is 0 Å². The molecule has 0 aliphatic carbocycles. The van der Waals surface area contributed by atoms with Gasteiger partial charge in [-0.05, 0) is 13.3 Å². The third-order valence-corrected chi connectivity index (χ3v) is 13.4. The molecule has 1 heteroatoms. The van der Waals surface area contributed by atoms with Crippen molar-refractivity contribution in [1.29, 1.82) is 0 Å². The maximum absolute atomic E-state index is 5.96. The van der Waals surface area contributed by atoms with Crippen molar-refractivity contribution >= 4 is 19.8 Å². The first-order valence-corrected chi connectivity index (χ1v) is 14.1. The maximum Gasteiger partial charge on any atom is -0.00168 e. The predicted molar refractivity (Wildman–Crippen MR) is 79.1 cm³/mol. The Morgan fingerprint density at radius 1 is 0.812 bits per heavy atom. The summed E-state index contributed by atoms with van der Waals surface area (Å²) < 4.78 is 5.08. The Bertz CT molecular complexity index is 127. The Labute approximate surface area is 111 Å². The van der Waals surface area contributed by atoms with Gasteiger partial charge in [0.2, 0.25) is 0 Å². The molecule has 1 radical (unpaired) electrons. The van der Waals surface area contributed by atoms with Gasteiger partial charge in [-0.25, -0.2) is 0 Å². The fourth-order valence-corrected chi connectivity index (χ4v) is 12.8. The molecule has 95 valence electrons. The van der Waals surface area contributed by atoms with Crippen LogP contribution in [0.2, 0.25) is 13.3 Å². The molecule has 0 fully saturated rings. The minimum atomic E-state index is -0.967. The summed E-state index contributed by atoms with van der Waals surface area (Å²) in [6.45, 7) is 8.55. The van der Waals surface area contributed by atoms with Crippen molar-refractivity contribution in [3.05, 3.63) is 6.42 Å². The van der Waals surface area contributed by atoms with Crippen LogP contribution in [0.4, 0.5) is 0 Å². The SMILES string of the molecule is CCC[CH2][SnH]([CH2]CCC)[CH2]CCC.[C]#CC. The van der Waals surface area contributed by atoms with E-state index in [4.69, 9.17) is 6.42 Å². The van der Waals surface area contributed by atoms with Crippen LogP contribution in [-0.4, -0.2) is 19.8 Å². The average molecular weight is 330 g/mol. The summed E-state index contributed by atoms with van der Waals surface area (Å²) in [5.41, 5.74) is 0. The van der Waals surface area contributed by atoms with E-state index < -0.39 is 19.8 Å². The van der Waals surface area contributed by atoms with Gasteiger partial charge in [-0.1, -0.05) is 5.92 Å². The van der Waals surface area contributed by atoms with E-state index in [2.05, 4.69) is 20.8 Å². The zero-order valence-corrected chi connectivity index (χ0v) is 15.2. The third-order valence-electron chi connectivity index (χ3n) is 2.90. The van der Waals surface area contributed by atoms with Gasteiger partial charge in [-0.3, -0.25) is 0 Å². The third kappa shape index (κ3) is 16.8. The topological polar surface area (TPSA) is 0 Å². The van der Waals surface area contributed by atoms with Gasteiger partial charge in [0.05, 0.1) is 0 Å². The Morgan fingerprint density at radius 2 is 1.06 bits per heavy atom. The Balaban J connectivity index is 0. The van der Waals surface area contributed by atoms with Crippen LogP contribution < -0.4 is 0 Å². The molecule has 0 nitrogen and oxygen atoms in total. The van der Waals surface area contributed by atoms with Gasteiger partial charge in [0.1, 0.15) is 0 Å². The van der Waals surface area contributed by atoms with Crippen LogP contribution in [-0.2, 0) is 0 Å². The van der Waals surface area contributed by atoms with Crippen LogP contribution in [0.5, 0.6) is 0 Å². The summed E-state index contributed by atoms with van der Waals surface area (Å²) in [5, 5.41) is 0. The molecule has 0 aromatic carbocycles. The van der Waals surface area contributed by atoms with Gasteiger partial charge in [0.15, 0.2) is 0 Å². The fraction of sp³-hybridized carbons (Fsp3) is 0.867. The number of hydrogen-bond acceptors (Lipinski definition) is 0. The van der Waals surface area contributed by atoms with Gasteiger partial charge in [-0.15, -0.1) is 0 Å². The number of hydrogen-bond donors (Lipinski definition) is 0. The van der Waals surface area contributed by atoms with E-state index in [0.717, 1.165) is 0 Å². The molecule has 0 aliphatic rings. The van der Waals surface area contributed by atoms with Crippen LogP contribution in [0.3, 0.4) is 0 Å². The Hall–Kier alpha value is 0.359. The van der Waals surface area contributed by atoms with Crippen LogP contribution >= 0.6 is 0 Å². The zero-order chi connectivity index (χ0) is 12.6. The quantitative estimate of drug-likeness (QED) is 0.402. The van der Waals surface area contributed by atoms with E-state index in [-0.39, 0.29) is 0 Å². The Kier molecular flexibility index (Phi) is 20.8. The van der Waals surface area contributed by atoms with Crippen LogP contribution in [0.15, 0.2) is 0 Å². The zero-order valence-electron chi connectivity index (χ0n) is 11.9. The monoisotopic (exact) mass is 331 g/mol. The van der Waals surface area contributed by atoms with Crippen LogP contribution in [0, 0.1) is 12.3 Å². The maximum atomic E-state index is 5.96. The minimum absolute atomic E-state index is 0.967. The van der Waals surface area contributed by atoms with Crippen molar-refractivity contribution in [1.82, 2.24) is 0 Å². The molecule has 0 heterocycles. The molecule has 0 aliphatic heterocycles. The van der Waals surface area contributed by atoms with Crippen molar-refractivity contribution in [3.63, 3.8) is 0 Å². The van der Waals surface area contributed by atoms with Crippen molar-refractivity contribution in [3.8, 4) is 5.92 Å². The van der Waals surface area contributed by atoms with Crippen LogP contribution in [0.1, 0.15) is 66.2 Å². The average Bonchev–Trinajstić information content (AvgIpc) is 2.29. The molecule has 0 saturated carbocycles. The molecule has 16 heavy (non-hydrogen) atoms. The fourth-order valence-electron chi connectivity index (χ4n) is 1.91. The van der Waals surface area contributed by atoms with E-state index >= 15 is 0 Å². The molecule has 0 amide bonds. The number of rotatable bonds is 9. The van der Waals surface area contributed by atoms with Gasteiger partial charge in [0, 0.05) is 0 Å². The Morgan fingerprint density at radius 3 is 1.25 bits per heavy atom. The van der Waals surface area contributed by atoms with Gasteiger partial charge >= 0.3 is 92.4 Å². The first kappa shape index (κ1) is 18.7. The van der Waals surface area contributed by atoms with Crippen molar-refractivity contribution in [2.45, 2.75) is 79.5 Å². The van der Waals surface area contributed by atoms with Gasteiger partial charge in [-0.2, -0.15) is 0 Å². The smallest absolute Gasteiger partial charge is 0.00168 e. The summed E-state index contributed by atoms with van der Waals surface area (Å²) in [7, 11) is 0. The summed E-state index contributed by atoms with van der Waals surface area (Å²) in [6, 6.07) is 0. The molecule has 0 unspecified atom stereocenters. The summed E-state index contributed by atoms with van der Waals surface area (Å²) in [4.78, 5) is 0. The second-order valence-corrected chi connectivity index (χ2v) is 14.4. The van der Waals surface area contributed by atoms with E-state index in [1.807, 2.05) is 5.92 Å². The first-order valence-electron chi connectivity index (χ1n) is 7.10. The normalized spacial score (nSPS) is 9.50. The standard InChI is InChI=1S/3C4H9.C3H3.Sn.H/c3*1-3-4-2;1-3-2;;/h3*1,3-4H2,2H3;1H3;;. The summed E-state index contributed by atoms with van der Waals surface area (Å²) >= 11 is -0.967. The second-order valence-electron chi connectivity index (χ2n) is 4.54. The molecule has 0 aromatic rings. The molecule has 0 N–H and O–H groups in total. The predicted octanol–water partition coefficient (Wildman–Crippen LogP) is 5.21. The van der Waals surface area contributed by atoms with E-state index in [1.54, 1.807) is 20.2 Å². The molecule has 0 saturated heterocycles. The molecule has 0 atom stereocenters. The molecular formula is C15H31Sn. The number of unbranched alkanes of at least 4 members (excludes halogenated alkanes) is 3. The second kappa shape index (κ2) is 17.7. The largest absolute Gasteiger partial charge is 0.0925 e. The molecule has 0 bridgehead atoms. The molecule has 0 rings (SSSR count). The summed E-state index contributed by atoms with van der Waals surface area (Å²) in [6.07, 6.45) is 14.8. The molecule has 0 aromatic heterocycles.